The fraction of sp³-hybridized carbons (Fsp3) is 0.714. The van der Waals surface area contributed by atoms with Crippen molar-refractivity contribution in [1.29, 1.82) is 0 Å². The standard InChI is InChI=1S/C14H24N4O/c1-4-12-16-13(15-2)9-14(17-12)18(3)10-11-7-5-6-8-19-11/h9,11H,4-8,10H2,1-3H3,(H,15,16,17). The highest BCUT2D eigenvalue weighted by molar-refractivity contribution is 5.48. The predicted octanol–water partition coefficient (Wildman–Crippen LogP) is 2.09. The van der Waals surface area contributed by atoms with Crippen molar-refractivity contribution in [1.82, 2.24) is 9.97 Å². The summed E-state index contributed by atoms with van der Waals surface area (Å²) in [7, 11) is 3.95. The highest BCUT2D eigenvalue weighted by Crippen LogP contribution is 2.18. The van der Waals surface area contributed by atoms with Crippen molar-refractivity contribution in [3.8, 4) is 0 Å². The molecule has 2 rings (SSSR count). The Morgan fingerprint density at radius 2 is 2.26 bits per heavy atom. The lowest BCUT2D eigenvalue weighted by atomic mass is 10.1. The van der Waals surface area contributed by atoms with Gasteiger partial charge in [0.05, 0.1) is 6.10 Å². The van der Waals surface area contributed by atoms with Gasteiger partial charge in [0.1, 0.15) is 17.5 Å². The average Bonchev–Trinajstić information content (AvgIpc) is 2.47. The smallest absolute Gasteiger partial charge is 0.134 e. The van der Waals surface area contributed by atoms with Gasteiger partial charge in [0.15, 0.2) is 0 Å². The molecule has 5 nitrogen and oxygen atoms in total. The summed E-state index contributed by atoms with van der Waals surface area (Å²) in [5.74, 6) is 2.71. The van der Waals surface area contributed by atoms with E-state index in [4.69, 9.17) is 4.74 Å². The summed E-state index contributed by atoms with van der Waals surface area (Å²) in [6, 6.07) is 1.99. The van der Waals surface area contributed by atoms with E-state index in [0.717, 1.165) is 43.5 Å². The number of nitrogens with zero attached hydrogens (tertiary/aromatic N) is 3. The molecular weight excluding hydrogens is 240 g/mol. The summed E-state index contributed by atoms with van der Waals surface area (Å²) in [6.07, 6.45) is 4.78. The number of anilines is 2. The highest BCUT2D eigenvalue weighted by atomic mass is 16.5. The normalized spacial score (nSPS) is 19.2. The Labute approximate surface area is 115 Å². The van der Waals surface area contributed by atoms with Crippen LogP contribution >= 0.6 is 0 Å². The van der Waals surface area contributed by atoms with Gasteiger partial charge in [0.25, 0.3) is 0 Å². The first-order valence-electron chi connectivity index (χ1n) is 7.11. The summed E-state index contributed by atoms with van der Waals surface area (Å²) < 4.78 is 5.78. The molecule has 0 aliphatic carbocycles. The quantitative estimate of drug-likeness (QED) is 0.882. The van der Waals surface area contributed by atoms with Crippen molar-refractivity contribution in [2.75, 3.05) is 37.5 Å². The second-order valence-corrected chi connectivity index (χ2v) is 5.00. The van der Waals surface area contributed by atoms with Gasteiger partial charge in [-0.25, -0.2) is 9.97 Å². The number of aromatic nitrogens is 2. The number of nitrogens with one attached hydrogen (secondary N) is 1. The van der Waals surface area contributed by atoms with Crippen LogP contribution in [0.4, 0.5) is 11.6 Å². The number of rotatable bonds is 5. The topological polar surface area (TPSA) is 50.3 Å². The van der Waals surface area contributed by atoms with Gasteiger partial charge in [-0.05, 0) is 19.3 Å². The van der Waals surface area contributed by atoms with Gasteiger partial charge in [-0.1, -0.05) is 6.92 Å². The summed E-state index contributed by atoms with van der Waals surface area (Å²) in [5.41, 5.74) is 0. The van der Waals surface area contributed by atoms with Crippen LogP contribution < -0.4 is 10.2 Å². The van der Waals surface area contributed by atoms with Crippen molar-refractivity contribution in [2.24, 2.45) is 0 Å². The van der Waals surface area contributed by atoms with Gasteiger partial charge < -0.3 is 15.0 Å². The molecule has 1 atom stereocenters. The van der Waals surface area contributed by atoms with Crippen LogP contribution in [0, 0.1) is 0 Å². The second-order valence-electron chi connectivity index (χ2n) is 5.00. The minimum Gasteiger partial charge on any atom is -0.376 e. The first kappa shape index (κ1) is 14.1. The number of hydrogen-bond donors (Lipinski definition) is 1. The maximum absolute atomic E-state index is 5.78. The Hall–Kier alpha value is -1.36. The van der Waals surface area contributed by atoms with Crippen molar-refractivity contribution in [3.05, 3.63) is 11.9 Å². The molecule has 0 bridgehead atoms. The number of ether oxygens (including phenoxy) is 1. The fourth-order valence-corrected chi connectivity index (χ4v) is 2.32. The molecule has 1 N–H and O–H groups in total. The van der Waals surface area contributed by atoms with Crippen LogP contribution in [-0.4, -0.2) is 43.3 Å². The van der Waals surface area contributed by atoms with Crippen molar-refractivity contribution >= 4 is 11.6 Å². The van der Waals surface area contributed by atoms with E-state index in [1.165, 1.54) is 12.8 Å². The van der Waals surface area contributed by atoms with E-state index in [0.29, 0.717) is 6.10 Å². The number of likely N-dealkylation sites (N-methyl/N-ethyl adjacent to an activating group) is 1. The fourth-order valence-electron chi connectivity index (χ4n) is 2.32. The van der Waals surface area contributed by atoms with Crippen LogP contribution in [0.25, 0.3) is 0 Å². The predicted molar refractivity (Wildman–Crippen MR) is 77.8 cm³/mol. The van der Waals surface area contributed by atoms with Crippen molar-refractivity contribution < 1.29 is 4.74 Å². The third-order valence-electron chi connectivity index (χ3n) is 3.47. The van der Waals surface area contributed by atoms with E-state index in [-0.39, 0.29) is 0 Å². The molecule has 5 heteroatoms. The number of aryl methyl sites for hydroxylation is 1. The summed E-state index contributed by atoms with van der Waals surface area (Å²) in [6.45, 7) is 3.86. The van der Waals surface area contributed by atoms with E-state index in [9.17, 15) is 0 Å². The van der Waals surface area contributed by atoms with Gasteiger partial charge in [0.2, 0.25) is 0 Å². The molecule has 1 unspecified atom stereocenters. The Morgan fingerprint density at radius 1 is 1.42 bits per heavy atom. The van der Waals surface area contributed by atoms with Gasteiger partial charge in [-0.15, -0.1) is 0 Å². The molecule has 1 aromatic heterocycles. The zero-order chi connectivity index (χ0) is 13.7. The van der Waals surface area contributed by atoms with Crippen LogP contribution in [0.15, 0.2) is 6.07 Å². The van der Waals surface area contributed by atoms with Crippen LogP contribution in [0.1, 0.15) is 32.0 Å². The molecule has 19 heavy (non-hydrogen) atoms. The molecule has 0 aromatic carbocycles. The zero-order valence-electron chi connectivity index (χ0n) is 12.1. The Kier molecular flexibility index (Phi) is 4.96. The lowest BCUT2D eigenvalue weighted by Crippen LogP contribution is -2.34. The molecule has 2 heterocycles. The van der Waals surface area contributed by atoms with Crippen molar-refractivity contribution in [2.45, 2.75) is 38.7 Å². The molecule has 0 amide bonds. The van der Waals surface area contributed by atoms with Crippen LogP contribution in [0.3, 0.4) is 0 Å². The summed E-state index contributed by atoms with van der Waals surface area (Å²) in [4.78, 5) is 11.2. The SMILES string of the molecule is CCc1nc(NC)cc(N(C)CC2CCCCO2)n1. The Balaban J connectivity index is 2.06. The molecular formula is C14H24N4O. The van der Waals surface area contributed by atoms with E-state index < -0.39 is 0 Å². The molecule has 0 spiro atoms. The highest BCUT2D eigenvalue weighted by Gasteiger charge is 2.17. The molecule has 0 saturated carbocycles. The molecule has 106 valence electrons. The third kappa shape index (κ3) is 3.80. The van der Waals surface area contributed by atoms with Gasteiger partial charge in [-0.2, -0.15) is 0 Å². The van der Waals surface area contributed by atoms with E-state index >= 15 is 0 Å². The average molecular weight is 264 g/mol. The van der Waals surface area contributed by atoms with Gasteiger partial charge >= 0.3 is 0 Å². The lowest BCUT2D eigenvalue weighted by Gasteiger charge is -2.28. The van der Waals surface area contributed by atoms with E-state index in [1.54, 1.807) is 0 Å². The molecule has 1 aromatic rings. The summed E-state index contributed by atoms with van der Waals surface area (Å²) in [5, 5.41) is 3.09. The minimum atomic E-state index is 0.330. The molecule has 1 saturated heterocycles. The Bertz CT molecular complexity index is 382. The molecule has 1 aliphatic heterocycles. The van der Waals surface area contributed by atoms with E-state index in [2.05, 4.69) is 34.2 Å². The first-order chi connectivity index (χ1) is 9.22. The molecule has 1 fully saturated rings. The van der Waals surface area contributed by atoms with Gasteiger partial charge in [-0.3, -0.25) is 0 Å². The molecule has 1 aliphatic rings. The van der Waals surface area contributed by atoms with Crippen LogP contribution in [0.2, 0.25) is 0 Å². The monoisotopic (exact) mass is 264 g/mol. The third-order valence-corrected chi connectivity index (χ3v) is 3.47. The van der Waals surface area contributed by atoms with E-state index in [1.807, 2.05) is 13.1 Å². The van der Waals surface area contributed by atoms with Crippen LogP contribution in [-0.2, 0) is 11.2 Å². The minimum absolute atomic E-state index is 0.330. The second kappa shape index (κ2) is 6.70. The van der Waals surface area contributed by atoms with Crippen molar-refractivity contribution in [3.63, 3.8) is 0 Å². The van der Waals surface area contributed by atoms with Gasteiger partial charge in [0, 0.05) is 39.7 Å². The first-order valence-corrected chi connectivity index (χ1v) is 7.11. The summed E-state index contributed by atoms with van der Waals surface area (Å²) >= 11 is 0. The maximum atomic E-state index is 5.78. The molecule has 0 radical (unpaired) electrons. The largest absolute Gasteiger partial charge is 0.376 e. The zero-order valence-corrected chi connectivity index (χ0v) is 12.1. The Morgan fingerprint density at radius 3 is 2.89 bits per heavy atom. The number of hydrogen-bond acceptors (Lipinski definition) is 5. The maximum Gasteiger partial charge on any atom is 0.134 e. The lowest BCUT2D eigenvalue weighted by molar-refractivity contribution is 0.0215. The van der Waals surface area contributed by atoms with Crippen LogP contribution in [0.5, 0.6) is 0 Å².